The third-order valence-corrected chi connectivity index (χ3v) is 6.32. The first-order valence-electron chi connectivity index (χ1n) is 8.32. The monoisotopic (exact) mass is 395 g/mol. The van der Waals surface area contributed by atoms with Crippen LogP contribution in [0.1, 0.15) is 5.56 Å². The van der Waals surface area contributed by atoms with Crippen molar-refractivity contribution in [1.29, 1.82) is 0 Å². The minimum Gasteiger partial charge on any atom is -0.331 e. The average molecular weight is 396 g/mol. The lowest BCUT2D eigenvalue weighted by Gasteiger charge is -2.10. The number of fused-ring (bicyclic) bond motifs is 1. The van der Waals surface area contributed by atoms with Gasteiger partial charge in [0, 0.05) is 11.4 Å². The van der Waals surface area contributed by atoms with E-state index in [2.05, 4.69) is 15.0 Å². The molecule has 0 amide bonds. The van der Waals surface area contributed by atoms with E-state index in [0.29, 0.717) is 11.4 Å². The van der Waals surface area contributed by atoms with Crippen molar-refractivity contribution in [3.63, 3.8) is 0 Å². The van der Waals surface area contributed by atoms with Crippen molar-refractivity contribution in [3.05, 3.63) is 78.4 Å². The van der Waals surface area contributed by atoms with E-state index in [1.165, 1.54) is 11.3 Å². The molecule has 4 rings (SSSR count). The summed E-state index contributed by atoms with van der Waals surface area (Å²) in [7, 11) is -3.67. The summed E-state index contributed by atoms with van der Waals surface area (Å²) in [5, 5.41) is 3.91. The Hall–Kier alpha value is -2.90. The number of nitrogens with one attached hydrogen (secondary N) is 2. The predicted octanol–water partition coefficient (Wildman–Crippen LogP) is 5.15. The van der Waals surface area contributed by atoms with Crippen LogP contribution in [0.2, 0.25) is 0 Å². The summed E-state index contributed by atoms with van der Waals surface area (Å²) in [5.74, 6) is 0. The molecule has 0 aliphatic heterocycles. The van der Waals surface area contributed by atoms with Crippen molar-refractivity contribution in [1.82, 2.24) is 4.98 Å². The lowest BCUT2D eigenvalue weighted by Crippen LogP contribution is -2.13. The molecule has 0 unspecified atom stereocenters. The van der Waals surface area contributed by atoms with Crippen molar-refractivity contribution in [2.75, 3.05) is 10.0 Å². The van der Waals surface area contributed by atoms with Crippen LogP contribution in [0, 0.1) is 6.92 Å². The van der Waals surface area contributed by atoms with Crippen LogP contribution in [-0.2, 0) is 10.0 Å². The van der Waals surface area contributed by atoms with Gasteiger partial charge in [0.05, 0.1) is 15.1 Å². The Bertz CT molecular complexity index is 1170. The SMILES string of the molecule is Cc1ccc(NS(=O)(=O)c2cccc(Nc3nc4ccccc4s3)c2)cc1. The molecule has 5 nitrogen and oxygen atoms in total. The molecule has 4 aromatic rings. The molecule has 0 radical (unpaired) electrons. The zero-order valence-corrected chi connectivity index (χ0v) is 16.1. The number of aromatic nitrogens is 1. The van der Waals surface area contributed by atoms with E-state index in [1.807, 2.05) is 49.4 Å². The van der Waals surface area contributed by atoms with Gasteiger partial charge in [-0.05, 0) is 49.4 Å². The smallest absolute Gasteiger partial charge is 0.261 e. The standard InChI is InChI=1S/C20H17N3O2S2/c1-14-9-11-15(12-10-14)23-27(24,25)17-6-4-5-16(13-17)21-20-22-18-7-2-3-8-19(18)26-20/h2-13,23H,1H3,(H,21,22). The van der Waals surface area contributed by atoms with E-state index in [9.17, 15) is 8.42 Å². The molecule has 0 saturated heterocycles. The summed E-state index contributed by atoms with van der Waals surface area (Å²) in [5.41, 5.74) is 3.18. The highest BCUT2D eigenvalue weighted by molar-refractivity contribution is 7.92. The van der Waals surface area contributed by atoms with Gasteiger partial charge in [0.1, 0.15) is 0 Å². The lowest BCUT2D eigenvalue weighted by atomic mass is 10.2. The molecular weight excluding hydrogens is 378 g/mol. The van der Waals surface area contributed by atoms with Crippen molar-refractivity contribution in [3.8, 4) is 0 Å². The third kappa shape index (κ3) is 3.94. The lowest BCUT2D eigenvalue weighted by molar-refractivity contribution is 0.601. The van der Waals surface area contributed by atoms with E-state index >= 15 is 0 Å². The van der Waals surface area contributed by atoms with Gasteiger partial charge in [-0.2, -0.15) is 0 Å². The zero-order chi connectivity index (χ0) is 18.9. The normalized spacial score (nSPS) is 11.4. The Morgan fingerprint density at radius 3 is 2.44 bits per heavy atom. The summed E-state index contributed by atoms with van der Waals surface area (Å²) in [4.78, 5) is 4.71. The molecule has 0 spiro atoms. The quantitative estimate of drug-likeness (QED) is 0.490. The Labute approximate surface area is 161 Å². The Morgan fingerprint density at radius 2 is 1.67 bits per heavy atom. The number of hydrogen-bond donors (Lipinski definition) is 2. The van der Waals surface area contributed by atoms with Crippen molar-refractivity contribution < 1.29 is 8.42 Å². The summed E-state index contributed by atoms with van der Waals surface area (Å²) >= 11 is 1.52. The summed E-state index contributed by atoms with van der Waals surface area (Å²) in [6.45, 7) is 1.95. The van der Waals surface area contributed by atoms with Gasteiger partial charge in [-0.3, -0.25) is 4.72 Å². The molecule has 7 heteroatoms. The van der Waals surface area contributed by atoms with Crippen molar-refractivity contribution in [2.45, 2.75) is 11.8 Å². The molecule has 0 atom stereocenters. The van der Waals surface area contributed by atoms with Crippen LogP contribution < -0.4 is 10.0 Å². The van der Waals surface area contributed by atoms with Crippen LogP contribution in [0.5, 0.6) is 0 Å². The molecule has 1 heterocycles. The fourth-order valence-electron chi connectivity index (χ4n) is 2.63. The molecule has 27 heavy (non-hydrogen) atoms. The first-order valence-corrected chi connectivity index (χ1v) is 10.6. The van der Waals surface area contributed by atoms with Crippen LogP contribution in [0.15, 0.2) is 77.7 Å². The number of rotatable bonds is 5. The number of sulfonamides is 1. The molecule has 0 fully saturated rings. The largest absolute Gasteiger partial charge is 0.331 e. The van der Waals surface area contributed by atoms with E-state index in [0.717, 1.165) is 20.9 Å². The Morgan fingerprint density at radius 1 is 0.889 bits per heavy atom. The topological polar surface area (TPSA) is 71.1 Å². The predicted molar refractivity (Wildman–Crippen MR) is 111 cm³/mol. The van der Waals surface area contributed by atoms with Gasteiger partial charge in [-0.1, -0.05) is 47.2 Å². The second-order valence-electron chi connectivity index (χ2n) is 6.11. The molecule has 0 aliphatic carbocycles. The number of para-hydroxylation sites is 1. The van der Waals surface area contributed by atoms with E-state index in [1.54, 1.807) is 30.3 Å². The third-order valence-electron chi connectivity index (χ3n) is 3.99. The summed E-state index contributed by atoms with van der Waals surface area (Å²) < 4.78 is 29.0. The summed E-state index contributed by atoms with van der Waals surface area (Å²) in [6, 6.07) is 21.8. The molecule has 3 aromatic carbocycles. The van der Waals surface area contributed by atoms with Crippen LogP contribution in [0.3, 0.4) is 0 Å². The molecular formula is C20H17N3O2S2. The maximum absolute atomic E-state index is 12.7. The van der Waals surface area contributed by atoms with Gasteiger partial charge in [-0.25, -0.2) is 13.4 Å². The van der Waals surface area contributed by atoms with Crippen LogP contribution >= 0.6 is 11.3 Å². The average Bonchev–Trinajstić information content (AvgIpc) is 3.06. The minimum atomic E-state index is -3.67. The molecule has 0 bridgehead atoms. The number of aryl methyl sites for hydroxylation is 1. The fraction of sp³-hybridized carbons (Fsp3) is 0.0500. The van der Waals surface area contributed by atoms with Crippen LogP contribution in [0.4, 0.5) is 16.5 Å². The maximum atomic E-state index is 12.7. The zero-order valence-electron chi connectivity index (χ0n) is 14.5. The molecule has 136 valence electrons. The van der Waals surface area contributed by atoms with E-state index in [4.69, 9.17) is 0 Å². The number of anilines is 3. The maximum Gasteiger partial charge on any atom is 0.261 e. The molecule has 0 aliphatic rings. The highest BCUT2D eigenvalue weighted by atomic mass is 32.2. The van der Waals surface area contributed by atoms with Gasteiger partial charge in [0.2, 0.25) is 0 Å². The number of nitrogens with zero attached hydrogens (tertiary/aromatic N) is 1. The van der Waals surface area contributed by atoms with E-state index in [-0.39, 0.29) is 4.90 Å². The first-order chi connectivity index (χ1) is 13.0. The van der Waals surface area contributed by atoms with Crippen molar-refractivity contribution in [2.24, 2.45) is 0 Å². The van der Waals surface area contributed by atoms with Gasteiger partial charge < -0.3 is 5.32 Å². The Balaban J connectivity index is 1.58. The fourth-order valence-corrected chi connectivity index (χ4v) is 4.62. The van der Waals surface area contributed by atoms with Gasteiger partial charge in [-0.15, -0.1) is 0 Å². The second-order valence-corrected chi connectivity index (χ2v) is 8.82. The molecule has 2 N–H and O–H groups in total. The van der Waals surface area contributed by atoms with Gasteiger partial charge >= 0.3 is 0 Å². The second kappa shape index (κ2) is 7.02. The van der Waals surface area contributed by atoms with Gasteiger partial charge in [0.25, 0.3) is 10.0 Å². The summed E-state index contributed by atoms with van der Waals surface area (Å²) in [6.07, 6.45) is 0. The van der Waals surface area contributed by atoms with Gasteiger partial charge in [0.15, 0.2) is 5.13 Å². The highest BCUT2D eigenvalue weighted by Gasteiger charge is 2.15. The van der Waals surface area contributed by atoms with Crippen molar-refractivity contribution >= 4 is 48.1 Å². The van der Waals surface area contributed by atoms with E-state index < -0.39 is 10.0 Å². The molecule has 0 saturated carbocycles. The number of thiazole rings is 1. The number of benzene rings is 3. The highest BCUT2D eigenvalue weighted by Crippen LogP contribution is 2.29. The van der Waals surface area contributed by atoms with Crippen LogP contribution in [0.25, 0.3) is 10.2 Å². The number of hydrogen-bond acceptors (Lipinski definition) is 5. The minimum absolute atomic E-state index is 0.189. The first kappa shape index (κ1) is 17.5. The molecule has 1 aromatic heterocycles. The Kier molecular flexibility index (Phi) is 4.55. The van der Waals surface area contributed by atoms with Crippen LogP contribution in [-0.4, -0.2) is 13.4 Å².